The summed E-state index contributed by atoms with van der Waals surface area (Å²) in [7, 11) is -3.35. The zero-order valence-corrected chi connectivity index (χ0v) is 13.4. The third kappa shape index (κ3) is 3.74. The Morgan fingerprint density at radius 3 is 2.62 bits per heavy atom. The van der Waals surface area contributed by atoms with Crippen LogP contribution in [0.15, 0.2) is 18.2 Å². The van der Waals surface area contributed by atoms with E-state index in [0.717, 1.165) is 0 Å². The van der Waals surface area contributed by atoms with Gasteiger partial charge in [-0.25, -0.2) is 0 Å². The van der Waals surface area contributed by atoms with Crippen molar-refractivity contribution in [3.05, 3.63) is 33.9 Å². The zero-order valence-electron chi connectivity index (χ0n) is 10.9. The van der Waals surface area contributed by atoms with E-state index in [4.69, 9.17) is 32.2 Å². The minimum Gasteiger partial charge on any atom is -0.269 e. The number of halogens is 2. The van der Waals surface area contributed by atoms with Gasteiger partial charge in [-0.15, -0.1) is 23.2 Å². The van der Waals surface area contributed by atoms with Crippen LogP contribution in [0.5, 0.6) is 5.75 Å². The molecular formula is C11H14Cl2N2O5P+. The van der Waals surface area contributed by atoms with Crippen LogP contribution in [0, 0.1) is 10.1 Å². The van der Waals surface area contributed by atoms with Gasteiger partial charge in [-0.3, -0.25) is 14.6 Å². The van der Waals surface area contributed by atoms with Crippen molar-refractivity contribution in [2.75, 3.05) is 24.8 Å². The Labute approximate surface area is 132 Å². The molecule has 1 aliphatic heterocycles. The molecule has 0 aromatic heterocycles. The van der Waals surface area contributed by atoms with Crippen molar-refractivity contribution in [1.29, 1.82) is 0 Å². The van der Waals surface area contributed by atoms with E-state index in [1.807, 2.05) is 0 Å². The molecule has 0 bridgehead atoms. The van der Waals surface area contributed by atoms with Crippen LogP contribution in [0.3, 0.4) is 0 Å². The van der Waals surface area contributed by atoms with Gasteiger partial charge in [-0.2, -0.15) is 9.42 Å². The second-order valence-electron chi connectivity index (χ2n) is 4.24. The van der Waals surface area contributed by atoms with E-state index in [1.54, 1.807) is 6.07 Å². The SMILES string of the molecule is O=[N+]([O-])c1ccc2c(c1)O[P+](O)(N(CCCl)CCCl)OC2. The summed E-state index contributed by atoms with van der Waals surface area (Å²) >= 11 is 11.4. The van der Waals surface area contributed by atoms with Crippen molar-refractivity contribution < 1.29 is 18.9 Å². The molecule has 1 aromatic carbocycles. The van der Waals surface area contributed by atoms with Crippen molar-refractivity contribution in [3.63, 3.8) is 0 Å². The molecule has 1 heterocycles. The normalized spacial score (nSPS) is 21.0. The van der Waals surface area contributed by atoms with E-state index in [1.165, 1.54) is 16.8 Å². The maximum atomic E-state index is 10.8. The van der Waals surface area contributed by atoms with Gasteiger partial charge in [0, 0.05) is 23.4 Å². The van der Waals surface area contributed by atoms with Crippen LogP contribution < -0.4 is 4.52 Å². The second-order valence-corrected chi connectivity index (χ2v) is 6.98. The minimum atomic E-state index is -3.35. The molecule has 2 rings (SSSR count). The Morgan fingerprint density at radius 2 is 2.05 bits per heavy atom. The van der Waals surface area contributed by atoms with Gasteiger partial charge in [-0.05, 0) is 6.07 Å². The fourth-order valence-electron chi connectivity index (χ4n) is 1.87. The quantitative estimate of drug-likeness (QED) is 0.365. The van der Waals surface area contributed by atoms with Crippen molar-refractivity contribution in [2.24, 2.45) is 0 Å². The van der Waals surface area contributed by atoms with Crippen LogP contribution in [-0.4, -0.2) is 39.3 Å². The first-order chi connectivity index (χ1) is 10.00. The molecule has 1 atom stereocenters. The highest BCUT2D eigenvalue weighted by molar-refractivity contribution is 7.58. The lowest BCUT2D eigenvalue weighted by atomic mass is 10.2. The molecule has 116 valence electrons. The van der Waals surface area contributed by atoms with Crippen LogP contribution in [0.1, 0.15) is 5.56 Å². The smallest absolute Gasteiger partial charge is 0.269 e. The summed E-state index contributed by atoms with van der Waals surface area (Å²) in [5, 5.41) is 10.8. The average molecular weight is 356 g/mol. The van der Waals surface area contributed by atoms with E-state index >= 15 is 0 Å². The maximum Gasteiger partial charge on any atom is 0.547 e. The largest absolute Gasteiger partial charge is 0.547 e. The number of alkyl halides is 2. The molecule has 21 heavy (non-hydrogen) atoms. The Bertz CT molecular complexity index is 529. The molecule has 0 spiro atoms. The van der Waals surface area contributed by atoms with E-state index in [2.05, 4.69) is 0 Å². The predicted molar refractivity (Wildman–Crippen MR) is 80.7 cm³/mol. The van der Waals surface area contributed by atoms with Gasteiger partial charge in [0.15, 0.2) is 5.75 Å². The van der Waals surface area contributed by atoms with Gasteiger partial charge in [0.25, 0.3) is 5.69 Å². The molecule has 0 aliphatic carbocycles. The highest BCUT2D eigenvalue weighted by Gasteiger charge is 2.53. The molecule has 1 unspecified atom stereocenters. The van der Waals surface area contributed by atoms with Gasteiger partial charge in [0.2, 0.25) is 0 Å². The summed E-state index contributed by atoms with van der Waals surface area (Å²) in [5.74, 6) is 0.793. The monoisotopic (exact) mass is 355 g/mol. The average Bonchev–Trinajstić information content (AvgIpc) is 2.46. The third-order valence-corrected chi connectivity index (χ3v) is 5.26. The Morgan fingerprint density at radius 1 is 1.38 bits per heavy atom. The number of non-ortho nitro benzene ring substituents is 1. The summed E-state index contributed by atoms with van der Waals surface area (Å²) in [6.07, 6.45) is 0. The third-order valence-electron chi connectivity index (χ3n) is 2.91. The molecule has 10 heteroatoms. The molecule has 1 aromatic rings. The van der Waals surface area contributed by atoms with Gasteiger partial charge < -0.3 is 0 Å². The van der Waals surface area contributed by atoms with Crippen LogP contribution in [0.2, 0.25) is 0 Å². The van der Waals surface area contributed by atoms with Crippen molar-refractivity contribution in [2.45, 2.75) is 6.61 Å². The van der Waals surface area contributed by atoms with Crippen LogP contribution in [0.25, 0.3) is 0 Å². The second kappa shape index (κ2) is 7.05. The van der Waals surface area contributed by atoms with E-state index in [-0.39, 0.29) is 29.8 Å². The zero-order chi connectivity index (χ0) is 15.5. The molecule has 0 amide bonds. The first-order valence-electron chi connectivity index (χ1n) is 6.11. The van der Waals surface area contributed by atoms with Crippen LogP contribution in [-0.2, 0) is 11.1 Å². The minimum absolute atomic E-state index is 0.108. The number of nitro benzene ring substituents is 1. The summed E-state index contributed by atoms with van der Waals surface area (Å²) in [6, 6.07) is 4.19. The molecule has 0 saturated carbocycles. The Balaban J connectivity index is 2.26. The first-order valence-corrected chi connectivity index (χ1v) is 8.70. The van der Waals surface area contributed by atoms with Gasteiger partial charge >= 0.3 is 8.09 Å². The predicted octanol–water partition coefficient (Wildman–Crippen LogP) is 2.95. The first kappa shape index (κ1) is 16.7. The lowest BCUT2D eigenvalue weighted by Gasteiger charge is -2.29. The Kier molecular flexibility index (Phi) is 5.60. The van der Waals surface area contributed by atoms with E-state index < -0.39 is 13.0 Å². The molecule has 0 fully saturated rings. The summed E-state index contributed by atoms with van der Waals surface area (Å²) in [6.45, 7) is 0.782. The number of benzene rings is 1. The number of hydrogen-bond donors (Lipinski definition) is 1. The fourth-order valence-corrected chi connectivity index (χ4v) is 4.28. The van der Waals surface area contributed by atoms with Gasteiger partial charge in [-0.1, -0.05) is 4.67 Å². The van der Waals surface area contributed by atoms with Gasteiger partial charge in [0.05, 0.1) is 24.1 Å². The van der Waals surface area contributed by atoms with Crippen LogP contribution >= 0.6 is 31.3 Å². The molecular weight excluding hydrogens is 342 g/mol. The molecule has 1 aliphatic rings. The fraction of sp³-hybridized carbons (Fsp3) is 0.455. The summed E-state index contributed by atoms with van der Waals surface area (Å²) in [4.78, 5) is 20.9. The molecule has 7 nitrogen and oxygen atoms in total. The van der Waals surface area contributed by atoms with E-state index in [9.17, 15) is 15.0 Å². The van der Waals surface area contributed by atoms with Gasteiger partial charge in [0.1, 0.15) is 6.61 Å². The summed E-state index contributed by atoms with van der Waals surface area (Å²) in [5.41, 5.74) is 0.533. The Hall–Kier alpha value is -0.690. The number of hydrogen-bond acceptors (Lipinski definition) is 6. The highest BCUT2D eigenvalue weighted by atomic mass is 35.5. The highest BCUT2D eigenvalue weighted by Crippen LogP contribution is 2.63. The lowest BCUT2D eigenvalue weighted by molar-refractivity contribution is -0.384. The van der Waals surface area contributed by atoms with Crippen molar-refractivity contribution in [1.82, 2.24) is 4.67 Å². The number of fused-ring (bicyclic) bond motifs is 1. The van der Waals surface area contributed by atoms with Crippen LogP contribution in [0.4, 0.5) is 5.69 Å². The molecule has 1 N–H and O–H groups in total. The lowest BCUT2D eigenvalue weighted by Crippen LogP contribution is -2.33. The molecule has 0 radical (unpaired) electrons. The summed E-state index contributed by atoms with van der Waals surface area (Å²) < 4.78 is 12.5. The topological polar surface area (TPSA) is 85.1 Å². The number of nitrogens with zero attached hydrogens (tertiary/aromatic N) is 2. The molecule has 0 saturated heterocycles. The number of rotatable bonds is 6. The standard InChI is InChI=1S/C11H14Cl2N2O5P/c12-3-5-14(6-4-13)21(18)19-8-9-1-2-10(15(16)17)7-11(9)20-21/h1-2,7,18H,3-6,8H2/q+1. The van der Waals surface area contributed by atoms with Crippen molar-refractivity contribution >= 4 is 37.0 Å². The number of nitro groups is 1. The maximum absolute atomic E-state index is 10.8. The van der Waals surface area contributed by atoms with Crippen molar-refractivity contribution in [3.8, 4) is 5.75 Å². The van der Waals surface area contributed by atoms with E-state index in [0.29, 0.717) is 18.7 Å².